The molecule has 0 aromatic heterocycles. The Balaban J connectivity index is 2.26. The molecule has 1 aliphatic carbocycles. The van der Waals surface area contributed by atoms with Crippen molar-refractivity contribution in [2.75, 3.05) is 26.2 Å². The fraction of sp³-hybridized carbons (Fsp3) is 1.00. The van der Waals surface area contributed by atoms with E-state index in [9.17, 15) is 0 Å². The van der Waals surface area contributed by atoms with Crippen LogP contribution in [0.15, 0.2) is 0 Å². The molecule has 0 radical (unpaired) electrons. The first kappa shape index (κ1) is 12.0. The average Bonchev–Trinajstić information content (AvgIpc) is 2.81. The molecular weight excluding hydrogens is 174 g/mol. The lowest BCUT2D eigenvalue weighted by Gasteiger charge is -2.29. The summed E-state index contributed by atoms with van der Waals surface area (Å²) in [6, 6.07) is 0. The van der Waals surface area contributed by atoms with Gasteiger partial charge in [0, 0.05) is 26.2 Å². The predicted molar refractivity (Wildman–Crippen MR) is 60.3 cm³/mol. The summed E-state index contributed by atoms with van der Waals surface area (Å²) in [6.07, 6.45) is 3.75. The van der Waals surface area contributed by atoms with Crippen LogP contribution < -0.4 is 0 Å². The maximum absolute atomic E-state index is 8.84. The van der Waals surface area contributed by atoms with Crippen molar-refractivity contribution in [1.82, 2.24) is 4.90 Å². The normalized spacial score (nSPS) is 17.8. The van der Waals surface area contributed by atoms with Gasteiger partial charge in [-0.2, -0.15) is 0 Å². The van der Waals surface area contributed by atoms with Gasteiger partial charge >= 0.3 is 0 Å². The van der Waals surface area contributed by atoms with Crippen LogP contribution in [0.25, 0.3) is 0 Å². The van der Waals surface area contributed by atoms with Gasteiger partial charge in [0.25, 0.3) is 0 Å². The van der Waals surface area contributed by atoms with Gasteiger partial charge in [-0.3, -0.25) is 0 Å². The summed E-state index contributed by atoms with van der Waals surface area (Å²) in [6.45, 7) is 10.6. The van der Waals surface area contributed by atoms with Crippen molar-refractivity contribution in [1.29, 1.82) is 0 Å². The molecule has 0 saturated heterocycles. The molecule has 2 heteroatoms. The first-order valence-electron chi connectivity index (χ1n) is 5.84. The van der Waals surface area contributed by atoms with Gasteiger partial charge < -0.3 is 10.0 Å². The molecular formula is C12H25NO. The van der Waals surface area contributed by atoms with E-state index in [0.29, 0.717) is 12.0 Å². The van der Waals surface area contributed by atoms with Gasteiger partial charge in [0.05, 0.1) is 0 Å². The van der Waals surface area contributed by atoms with Gasteiger partial charge in [0.2, 0.25) is 0 Å². The summed E-state index contributed by atoms with van der Waals surface area (Å²) < 4.78 is 0. The lowest BCUT2D eigenvalue weighted by Crippen LogP contribution is -2.35. The zero-order valence-corrected chi connectivity index (χ0v) is 9.92. The van der Waals surface area contributed by atoms with Crippen LogP contribution in [0.5, 0.6) is 0 Å². The average molecular weight is 199 g/mol. The molecule has 0 aliphatic heterocycles. The van der Waals surface area contributed by atoms with Crippen LogP contribution in [-0.4, -0.2) is 36.2 Å². The molecule has 0 amide bonds. The van der Waals surface area contributed by atoms with Gasteiger partial charge in [0.15, 0.2) is 0 Å². The van der Waals surface area contributed by atoms with E-state index in [1.54, 1.807) is 0 Å². The highest BCUT2D eigenvalue weighted by Crippen LogP contribution is 2.30. The zero-order valence-electron chi connectivity index (χ0n) is 9.92. The quantitative estimate of drug-likeness (QED) is 0.708. The lowest BCUT2D eigenvalue weighted by atomic mass is 9.96. The van der Waals surface area contributed by atoms with Gasteiger partial charge in [0.1, 0.15) is 0 Å². The van der Waals surface area contributed by atoms with Crippen molar-refractivity contribution in [3.8, 4) is 0 Å². The minimum absolute atomic E-state index is 0.325. The molecule has 1 rings (SSSR count). The van der Waals surface area contributed by atoms with E-state index in [-0.39, 0.29) is 0 Å². The van der Waals surface area contributed by atoms with Crippen molar-refractivity contribution in [3.05, 3.63) is 0 Å². The SMILES string of the molecule is CC(C)(C)CN(CCCO)CC1CC1. The third kappa shape index (κ3) is 5.61. The Kier molecular flexibility index (Phi) is 4.39. The number of aliphatic hydroxyl groups excluding tert-OH is 1. The van der Waals surface area contributed by atoms with E-state index in [1.807, 2.05) is 0 Å². The lowest BCUT2D eigenvalue weighted by molar-refractivity contribution is 0.167. The summed E-state index contributed by atoms with van der Waals surface area (Å²) >= 11 is 0. The van der Waals surface area contributed by atoms with Crippen molar-refractivity contribution in [2.45, 2.75) is 40.0 Å². The van der Waals surface area contributed by atoms with Crippen LogP contribution in [0.4, 0.5) is 0 Å². The Bertz CT molecular complexity index is 158. The number of aliphatic hydroxyl groups is 1. The largest absolute Gasteiger partial charge is 0.396 e. The van der Waals surface area contributed by atoms with Gasteiger partial charge in [-0.25, -0.2) is 0 Å². The highest BCUT2D eigenvalue weighted by molar-refractivity contribution is 4.79. The molecule has 0 unspecified atom stereocenters. The number of hydrogen-bond acceptors (Lipinski definition) is 2. The number of hydrogen-bond donors (Lipinski definition) is 1. The second kappa shape index (κ2) is 5.13. The second-order valence-corrected chi connectivity index (χ2v) is 5.82. The van der Waals surface area contributed by atoms with Gasteiger partial charge in [-0.05, 0) is 30.6 Å². The first-order chi connectivity index (χ1) is 6.51. The van der Waals surface area contributed by atoms with Gasteiger partial charge in [-0.1, -0.05) is 20.8 Å². The van der Waals surface area contributed by atoms with Crippen molar-refractivity contribution in [2.24, 2.45) is 11.3 Å². The fourth-order valence-corrected chi connectivity index (χ4v) is 1.87. The molecule has 0 heterocycles. The molecule has 0 bridgehead atoms. The summed E-state index contributed by atoms with van der Waals surface area (Å²) in [5, 5.41) is 8.84. The van der Waals surface area contributed by atoms with Crippen LogP contribution in [0.3, 0.4) is 0 Å². The third-order valence-electron chi connectivity index (χ3n) is 2.54. The van der Waals surface area contributed by atoms with Crippen molar-refractivity contribution in [3.63, 3.8) is 0 Å². The van der Waals surface area contributed by atoms with Crippen LogP contribution in [0.1, 0.15) is 40.0 Å². The molecule has 2 nitrogen and oxygen atoms in total. The molecule has 0 atom stereocenters. The number of nitrogens with zero attached hydrogens (tertiary/aromatic N) is 1. The van der Waals surface area contributed by atoms with E-state index in [0.717, 1.165) is 25.4 Å². The maximum atomic E-state index is 8.84. The van der Waals surface area contributed by atoms with Crippen LogP contribution in [0, 0.1) is 11.3 Å². The molecule has 1 N–H and O–H groups in total. The molecule has 14 heavy (non-hydrogen) atoms. The number of rotatable bonds is 6. The molecule has 1 aliphatic rings. The minimum Gasteiger partial charge on any atom is -0.396 e. The molecule has 84 valence electrons. The van der Waals surface area contributed by atoms with Crippen LogP contribution in [-0.2, 0) is 0 Å². The molecule has 1 saturated carbocycles. The Morgan fingerprint density at radius 2 is 1.93 bits per heavy atom. The Morgan fingerprint density at radius 1 is 1.29 bits per heavy atom. The standard InChI is InChI=1S/C12H25NO/c1-12(2,3)10-13(7-4-8-14)9-11-5-6-11/h11,14H,4-10H2,1-3H3. The van der Waals surface area contributed by atoms with E-state index < -0.39 is 0 Å². The topological polar surface area (TPSA) is 23.5 Å². The predicted octanol–water partition coefficient (Wildman–Crippen LogP) is 2.13. The van der Waals surface area contributed by atoms with E-state index >= 15 is 0 Å². The van der Waals surface area contributed by atoms with E-state index in [1.165, 1.54) is 19.4 Å². The zero-order chi connectivity index (χ0) is 10.6. The fourth-order valence-electron chi connectivity index (χ4n) is 1.87. The highest BCUT2D eigenvalue weighted by Gasteiger charge is 2.26. The molecule has 1 fully saturated rings. The third-order valence-corrected chi connectivity index (χ3v) is 2.54. The summed E-state index contributed by atoms with van der Waals surface area (Å²) in [4.78, 5) is 2.52. The van der Waals surface area contributed by atoms with Crippen molar-refractivity contribution < 1.29 is 5.11 Å². The Morgan fingerprint density at radius 3 is 2.36 bits per heavy atom. The molecule has 0 aromatic rings. The Hall–Kier alpha value is -0.0800. The Labute approximate surface area is 88.3 Å². The summed E-state index contributed by atoms with van der Waals surface area (Å²) in [5.74, 6) is 0.955. The van der Waals surface area contributed by atoms with Crippen LogP contribution in [0.2, 0.25) is 0 Å². The summed E-state index contributed by atoms with van der Waals surface area (Å²) in [5.41, 5.74) is 0.379. The first-order valence-corrected chi connectivity index (χ1v) is 5.84. The summed E-state index contributed by atoms with van der Waals surface area (Å²) in [7, 11) is 0. The second-order valence-electron chi connectivity index (χ2n) is 5.82. The smallest absolute Gasteiger partial charge is 0.0443 e. The maximum Gasteiger partial charge on any atom is 0.0443 e. The minimum atomic E-state index is 0.325. The monoisotopic (exact) mass is 199 g/mol. The molecule has 0 spiro atoms. The van der Waals surface area contributed by atoms with Gasteiger partial charge in [-0.15, -0.1) is 0 Å². The van der Waals surface area contributed by atoms with Crippen molar-refractivity contribution >= 4 is 0 Å². The van der Waals surface area contributed by atoms with Crippen LogP contribution >= 0.6 is 0 Å². The highest BCUT2D eigenvalue weighted by atomic mass is 16.3. The van der Waals surface area contributed by atoms with E-state index in [4.69, 9.17) is 5.11 Å². The van der Waals surface area contributed by atoms with E-state index in [2.05, 4.69) is 25.7 Å². The molecule has 0 aromatic carbocycles.